The van der Waals surface area contributed by atoms with E-state index >= 15 is 0 Å². The van der Waals surface area contributed by atoms with Gasteiger partial charge in [-0.1, -0.05) is 19.9 Å². The van der Waals surface area contributed by atoms with Gasteiger partial charge in [-0.3, -0.25) is 9.88 Å². The van der Waals surface area contributed by atoms with E-state index < -0.39 is 0 Å². The van der Waals surface area contributed by atoms with Crippen LogP contribution in [-0.4, -0.2) is 36.1 Å². The smallest absolute Gasteiger partial charge is 0.0543 e. The first-order valence-corrected chi connectivity index (χ1v) is 8.12. The number of rotatable bonds is 7. The van der Waals surface area contributed by atoms with Crippen LogP contribution in [0, 0.1) is 11.8 Å². The maximum Gasteiger partial charge on any atom is 0.0543 e. The molecule has 1 fully saturated rings. The summed E-state index contributed by atoms with van der Waals surface area (Å²) >= 11 is 0. The molecule has 0 radical (unpaired) electrons. The average molecular weight is 275 g/mol. The standard InChI is InChI=1S/C17H29N3/c1-3-20(14-17-8-4-5-11-19-17)12-9-15(2)16-7-6-10-18-13-16/h4-5,8,11,15-16,18H,3,6-7,9-10,12-14H2,1-2H3. The fourth-order valence-corrected chi connectivity index (χ4v) is 3.06. The normalized spacial score (nSPS) is 21.1. The van der Waals surface area contributed by atoms with E-state index in [1.807, 2.05) is 12.3 Å². The molecule has 1 aromatic rings. The van der Waals surface area contributed by atoms with Gasteiger partial charge in [-0.25, -0.2) is 0 Å². The second kappa shape index (κ2) is 8.38. The number of nitrogens with one attached hydrogen (secondary N) is 1. The van der Waals surface area contributed by atoms with Crippen LogP contribution in [0.5, 0.6) is 0 Å². The lowest BCUT2D eigenvalue weighted by Gasteiger charge is -2.30. The molecule has 0 saturated carbocycles. The van der Waals surface area contributed by atoms with Gasteiger partial charge in [0.2, 0.25) is 0 Å². The number of nitrogens with zero attached hydrogens (tertiary/aromatic N) is 2. The van der Waals surface area contributed by atoms with Crippen LogP contribution in [0.1, 0.15) is 38.8 Å². The minimum Gasteiger partial charge on any atom is -0.316 e. The average Bonchev–Trinajstić information content (AvgIpc) is 2.53. The minimum atomic E-state index is 0.820. The van der Waals surface area contributed by atoms with Crippen LogP contribution in [0.15, 0.2) is 24.4 Å². The molecule has 1 N–H and O–H groups in total. The van der Waals surface area contributed by atoms with Crippen LogP contribution in [0.2, 0.25) is 0 Å². The molecule has 1 aliphatic heterocycles. The van der Waals surface area contributed by atoms with E-state index in [-0.39, 0.29) is 0 Å². The van der Waals surface area contributed by atoms with Gasteiger partial charge in [-0.05, 0) is 69.4 Å². The van der Waals surface area contributed by atoms with E-state index in [2.05, 4.69) is 41.2 Å². The van der Waals surface area contributed by atoms with E-state index in [9.17, 15) is 0 Å². The van der Waals surface area contributed by atoms with Crippen molar-refractivity contribution in [2.75, 3.05) is 26.2 Å². The number of aromatic nitrogens is 1. The number of pyridine rings is 1. The Bertz CT molecular complexity index is 360. The number of hydrogen-bond acceptors (Lipinski definition) is 3. The van der Waals surface area contributed by atoms with Crippen LogP contribution >= 0.6 is 0 Å². The molecule has 0 aliphatic carbocycles. The van der Waals surface area contributed by atoms with E-state index in [0.717, 1.165) is 24.9 Å². The largest absolute Gasteiger partial charge is 0.316 e. The molecule has 2 heterocycles. The summed E-state index contributed by atoms with van der Waals surface area (Å²) in [5.41, 5.74) is 1.18. The molecule has 2 rings (SSSR count). The minimum absolute atomic E-state index is 0.820. The highest BCUT2D eigenvalue weighted by molar-refractivity contribution is 5.03. The Hall–Kier alpha value is -0.930. The van der Waals surface area contributed by atoms with Gasteiger partial charge in [-0.15, -0.1) is 0 Å². The van der Waals surface area contributed by atoms with Crippen LogP contribution in [0.4, 0.5) is 0 Å². The summed E-state index contributed by atoms with van der Waals surface area (Å²) in [5.74, 6) is 1.69. The molecule has 0 bridgehead atoms. The molecule has 0 amide bonds. The zero-order valence-electron chi connectivity index (χ0n) is 13.0. The van der Waals surface area contributed by atoms with Gasteiger partial charge >= 0.3 is 0 Å². The molecule has 0 spiro atoms. The molecule has 0 aromatic carbocycles. The van der Waals surface area contributed by atoms with E-state index in [1.54, 1.807) is 0 Å². The molecular formula is C17H29N3. The van der Waals surface area contributed by atoms with Crippen molar-refractivity contribution in [1.82, 2.24) is 15.2 Å². The van der Waals surface area contributed by atoms with Crippen LogP contribution in [0.25, 0.3) is 0 Å². The highest BCUT2D eigenvalue weighted by Crippen LogP contribution is 2.22. The first-order chi connectivity index (χ1) is 9.79. The molecule has 2 atom stereocenters. The Morgan fingerprint density at radius 2 is 2.35 bits per heavy atom. The summed E-state index contributed by atoms with van der Waals surface area (Å²) < 4.78 is 0. The van der Waals surface area contributed by atoms with Crippen LogP contribution < -0.4 is 5.32 Å². The second-order valence-electron chi connectivity index (χ2n) is 6.06. The quantitative estimate of drug-likeness (QED) is 0.829. The highest BCUT2D eigenvalue weighted by atomic mass is 15.1. The lowest BCUT2D eigenvalue weighted by Crippen LogP contribution is -2.35. The van der Waals surface area contributed by atoms with Gasteiger partial charge in [0.05, 0.1) is 5.69 Å². The van der Waals surface area contributed by atoms with Crippen LogP contribution in [-0.2, 0) is 6.54 Å². The Morgan fingerprint density at radius 3 is 3.00 bits per heavy atom. The maximum atomic E-state index is 4.43. The Kier molecular flexibility index (Phi) is 6.48. The summed E-state index contributed by atoms with van der Waals surface area (Å²) in [7, 11) is 0. The van der Waals surface area contributed by atoms with Gasteiger partial charge in [0.25, 0.3) is 0 Å². The van der Waals surface area contributed by atoms with Crippen molar-refractivity contribution in [1.29, 1.82) is 0 Å². The molecule has 1 saturated heterocycles. The van der Waals surface area contributed by atoms with Crippen molar-refractivity contribution in [2.45, 2.75) is 39.7 Å². The number of hydrogen-bond donors (Lipinski definition) is 1. The number of piperidine rings is 1. The summed E-state index contributed by atoms with van der Waals surface area (Å²) in [5, 5.41) is 3.53. The third kappa shape index (κ3) is 4.88. The Balaban J connectivity index is 1.75. The third-order valence-electron chi connectivity index (χ3n) is 4.60. The molecule has 1 aliphatic rings. The highest BCUT2D eigenvalue weighted by Gasteiger charge is 2.20. The molecule has 2 unspecified atom stereocenters. The summed E-state index contributed by atoms with van der Waals surface area (Å²) in [6.07, 6.45) is 5.94. The topological polar surface area (TPSA) is 28.2 Å². The van der Waals surface area contributed by atoms with Crippen molar-refractivity contribution in [2.24, 2.45) is 11.8 Å². The zero-order valence-corrected chi connectivity index (χ0v) is 13.0. The van der Waals surface area contributed by atoms with Gasteiger partial charge < -0.3 is 5.32 Å². The fraction of sp³-hybridized carbons (Fsp3) is 0.706. The van der Waals surface area contributed by atoms with Gasteiger partial charge in [0.1, 0.15) is 0 Å². The van der Waals surface area contributed by atoms with Crippen molar-refractivity contribution in [3.8, 4) is 0 Å². The Labute approximate surface area is 123 Å². The van der Waals surface area contributed by atoms with Crippen molar-refractivity contribution >= 4 is 0 Å². The lowest BCUT2D eigenvalue weighted by atomic mass is 9.85. The SMILES string of the molecule is CCN(CCC(C)C1CCCNC1)Cc1ccccn1. The van der Waals surface area contributed by atoms with E-state index in [1.165, 1.54) is 44.6 Å². The summed E-state index contributed by atoms with van der Waals surface area (Å²) in [4.78, 5) is 6.94. The van der Waals surface area contributed by atoms with Crippen molar-refractivity contribution in [3.63, 3.8) is 0 Å². The van der Waals surface area contributed by atoms with E-state index in [4.69, 9.17) is 0 Å². The monoisotopic (exact) mass is 275 g/mol. The Morgan fingerprint density at radius 1 is 1.45 bits per heavy atom. The summed E-state index contributed by atoms with van der Waals surface area (Å²) in [6.45, 7) is 10.4. The second-order valence-corrected chi connectivity index (χ2v) is 6.06. The van der Waals surface area contributed by atoms with Gasteiger partial charge in [0, 0.05) is 12.7 Å². The van der Waals surface area contributed by atoms with Crippen molar-refractivity contribution in [3.05, 3.63) is 30.1 Å². The molecule has 1 aromatic heterocycles. The summed E-state index contributed by atoms with van der Waals surface area (Å²) in [6, 6.07) is 6.18. The molecule has 20 heavy (non-hydrogen) atoms. The first kappa shape index (κ1) is 15.5. The van der Waals surface area contributed by atoms with E-state index in [0.29, 0.717) is 0 Å². The predicted octanol–water partition coefficient (Wildman–Crippen LogP) is 2.93. The molecular weight excluding hydrogens is 246 g/mol. The van der Waals surface area contributed by atoms with Gasteiger partial charge in [-0.2, -0.15) is 0 Å². The third-order valence-corrected chi connectivity index (χ3v) is 4.60. The predicted molar refractivity (Wildman–Crippen MR) is 84.6 cm³/mol. The maximum absolute atomic E-state index is 4.43. The molecule has 3 heteroatoms. The molecule has 112 valence electrons. The first-order valence-electron chi connectivity index (χ1n) is 8.12. The van der Waals surface area contributed by atoms with Crippen LogP contribution in [0.3, 0.4) is 0 Å². The molecule has 3 nitrogen and oxygen atoms in total. The van der Waals surface area contributed by atoms with Crippen molar-refractivity contribution < 1.29 is 0 Å². The van der Waals surface area contributed by atoms with Gasteiger partial charge in [0.15, 0.2) is 0 Å². The fourth-order valence-electron chi connectivity index (χ4n) is 3.06. The lowest BCUT2D eigenvalue weighted by molar-refractivity contribution is 0.212. The zero-order chi connectivity index (χ0) is 14.2.